The van der Waals surface area contributed by atoms with Crippen molar-refractivity contribution >= 4 is 16.3 Å². The average molecular weight is 305 g/mol. The lowest BCUT2D eigenvalue weighted by atomic mass is 9.78. The fourth-order valence-corrected chi connectivity index (χ4v) is 4.65. The summed E-state index contributed by atoms with van der Waals surface area (Å²) >= 11 is 1.78. The second kappa shape index (κ2) is 6.09. The third-order valence-corrected chi connectivity index (χ3v) is 5.85. The van der Waals surface area contributed by atoms with E-state index in [4.69, 9.17) is 4.98 Å². The first-order chi connectivity index (χ1) is 10.1. The monoisotopic (exact) mass is 305 g/mol. The van der Waals surface area contributed by atoms with Gasteiger partial charge in [0.05, 0.1) is 11.4 Å². The van der Waals surface area contributed by atoms with E-state index in [2.05, 4.69) is 43.6 Å². The van der Waals surface area contributed by atoms with E-state index in [0.717, 1.165) is 23.3 Å². The normalized spacial score (nSPS) is 23.3. The molecule has 4 heteroatoms. The van der Waals surface area contributed by atoms with Crippen molar-refractivity contribution in [3.8, 4) is 0 Å². The number of thiazole rings is 1. The van der Waals surface area contributed by atoms with Crippen molar-refractivity contribution in [2.24, 2.45) is 11.8 Å². The Morgan fingerprint density at radius 1 is 1.33 bits per heavy atom. The maximum Gasteiger partial charge on any atom is 0.194 e. The molecule has 2 unspecified atom stereocenters. The molecule has 2 aromatic rings. The molecule has 0 aliphatic heterocycles. The summed E-state index contributed by atoms with van der Waals surface area (Å²) in [6.07, 6.45) is 7.71. The van der Waals surface area contributed by atoms with Crippen LogP contribution in [0, 0.1) is 25.7 Å². The van der Waals surface area contributed by atoms with Gasteiger partial charge in [-0.05, 0) is 38.5 Å². The maximum atomic E-state index is 4.69. The molecule has 0 spiro atoms. The van der Waals surface area contributed by atoms with Gasteiger partial charge < -0.3 is 5.32 Å². The summed E-state index contributed by atoms with van der Waals surface area (Å²) in [5, 5.41) is 3.84. The van der Waals surface area contributed by atoms with Crippen LogP contribution in [0.15, 0.2) is 6.20 Å². The van der Waals surface area contributed by atoms with E-state index in [1.54, 1.807) is 11.3 Å². The second-order valence-corrected chi connectivity index (χ2v) is 8.03. The third kappa shape index (κ3) is 3.02. The van der Waals surface area contributed by atoms with Crippen LogP contribution < -0.4 is 5.32 Å². The van der Waals surface area contributed by atoms with Gasteiger partial charge in [0.15, 0.2) is 4.96 Å². The molecule has 0 radical (unpaired) electrons. The van der Waals surface area contributed by atoms with Gasteiger partial charge in [-0.15, -0.1) is 11.3 Å². The van der Waals surface area contributed by atoms with Crippen molar-refractivity contribution in [1.29, 1.82) is 0 Å². The highest BCUT2D eigenvalue weighted by molar-refractivity contribution is 7.17. The van der Waals surface area contributed by atoms with Gasteiger partial charge in [-0.2, -0.15) is 0 Å². The van der Waals surface area contributed by atoms with Gasteiger partial charge in [-0.3, -0.25) is 4.40 Å². The van der Waals surface area contributed by atoms with E-state index in [9.17, 15) is 0 Å². The molecule has 3 nitrogen and oxygen atoms in total. The van der Waals surface area contributed by atoms with Crippen LogP contribution in [-0.2, 0) is 6.54 Å². The van der Waals surface area contributed by atoms with Crippen LogP contribution in [0.1, 0.15) is 55.8 Å². The fraction of sp³-hybridized carbons (Fsp3) is 0.706. The molecule has 1 N–H and O–H groups in total. The van der Waals surface area contributed by atoms with Gasteiger partial charge in [0.25, 0.3) is 0 Å². The van der Waals surface area contributed by atoms with E-state index in [1.807, 2.05) is 0 Å². The molecule has 116 valence electrons. The van der Waals surface area contributed by atoms with Crippen LogP contribution >= 0.6 is 11.3 Å². The summed E-state index contributed by atoms with van der Waals surface area (Å²) < 4.78 is 2.27. The molecule has 2 atom stereocenters. The van der Waals surface area contributed by atoms with Gasteiger partial charge in [-0.25, -0.2) is 4.98 Å². The number of rotatable bonds is 4. The summed E-state index contributed by atoms with van der Waals surface area (Å²) in [6, 6.07) is 0.670. The summed E-state index contributed by atoms with van der Waals surface area (Å²) in [4.78, 5) is 7.15. The number of aryl methyl sites for hydroxylation is 2. The van der Waals surface area contributed by atoms with Crippen molar-refractivity contribution in [1.82, 2.24) is 14.7 Å². The van der Waals surface area contributed by atoms with Gasteiger partial charge >= 0.3 is 0 Å². The van der Waals surface area contributed by atoms with Crippen molar-refractivity contribution in [2.75, 3.05) is 0 Å². The molecule has 21 heavy (non-hydrogen) atoms. The number of hydrogen-bond acceptors (Lipinski definition) is 3. The molecule has 0 aromatic carbocycles. The molecular formula is C17H27N3S. The van der Waals surface area contributed by atoms with Crippen LogP contribution in [0.25, 0.3) is 4.96 Å². The first-order valence-electron chi connectivity index (χ1n) is 8.23. The average Bonchev–Trinajstić information content (AvgIpc) is 2.92. The Kier molecular flexibility index (Phi) is 4.36. The number of hydrogen-bond donors (Lipinski definition) is 1. The van der Waals surface area contributed by atoms with Gasteiger partial charge in [0.1, 0.15) is 0 Å². The largest absolute Gasteiger partial charge is 0.308 e. The number of fused-ring (bicyclic) bond motifs is 1. The van der Waals surface area contributed by atoms with Gasteiger partial charge in [0, 0.05) is 23.7 Å². The molecule has 2 aromatic heterocycles. The lowest BCUT2D eigenvalue weighted by molar-refractivity contribution is 0.204. The summed E-state index contributed by atoms with van der Waals surface area (Å²) in [6.45, 7) is 9.97. The number of nitrogens with zero attached hydrogens (tertiary/aromatic N) is 2. The number of nitrogens with one attached hydrogen (secondary N) is 1. The molecule has 1 fully saturated rings. The molecule has 3 rings (SSSR count). The Morgan fingerprint density at radius 3 is 2.86 bits per heavy atom. The van der Waals surface area contributed by atoms with Crippen molar-refractivity contribution < 1.29 is 0 Å². The van der Waals surface area contributed by atoms with Crippen molar-refractivity contribution in [2.45, 2.75) is 66.0 Å². The second-order valence-electron chi connectivity index (χ2n) is 6.82. The topological polar surface area (TPSA) is 29.3 Å². The minimum absolute atomic E-state index is 0.670. The molecule has 1 saturated carbocycles. The zero-order chi connectivity index (χ0) is 15.0. The predicted molar refractivity (Wildman–Crippen MR) is 90.0 cm³/mol. The van der Waals surface area contributed by atoms with Crippen LogP contribution in [0.2, 0.25) is 0 Å². The zero-order valence-corrected chi connectivity index (χ0v) is 14.5. The van der Waals surface area contributed by atoms with Crippen LogP contribution in [-0.4, -0.2) is 15.4 Å². The lowest BCUT2D eigenvalue weighted by Crippen LogP contribution is -2.40. The number of imidazole rings is 1. The summed E-state index contributed by atoms with van der Waals surface area (Å²) in [5.74, 6) is 1.60. The molecule has 2 heterocycles. The first kappa shape index (κ1) is 15.0. The van der Waals surface area contributed by atoms with Crippen LogP contribution in [0.4, 0.5) is 0 Å². The molecule has 0 saturated heterocycles. The zero-order valence-electron chi connectivity index (χ0n) is 13.6. The van der Waals surface area contributed by atoms with E-state index < -0.39 is 0 Å². The Bertz CT molecular complexity index is 611. The summed E-state index contributed by atoms with van der Waals surface area (Å²) in [5.41, 5.74) is 2.51. The Labute approximate surface area is 131 Å². The standard InChI is InChI=1S/C17H27N3S/c1-11(2)14-7-5-6-8-15(14)18-9-16-13(4)19-17-20(16)10-12(3)21-17/h10-11,14-15,18H,5-9H2,1-4H3. The van der Waals surface area contributed by atoms with E-state index in [-0.39, 0.29) is 0 Å². The molecule has 1 aliphatic carbocycles. The van der Waals surface area contributed by atoms with Crippen LogP contribution in [0.5, 0.6) is 0 Å². The SMILES string of the molecule is Cc1cn2c(CNC3CCCCC3C(C)C)c(C)nc2s1. The quantitative estimate of drug-likeness (QED) is 0.911. The smallest absolute Gasteiger partial charge is 0.194 e. The van der Waals surface area contributed by atoms with E-state index in [0.29, 0.717) is 6.04 Å². The fourth-order valence-electron chi connectivity index (χ4n) is 3.76. The van der Waals surface area contributed by atoms with Gasteiger partial charge in [-0.1, -0.05) is 26.7 Å². The van der Waals surface area contributed by atoms with Crippen LogP contribution in [0.3, 0.4) is 0 Å². The maximum absolute atomic E-state index is 4.69. The Balaban J connectivity index is 1.74. The summed E-state index contributed by atoms with van der Waals surface area (Å²) in [7, 11) is 0. The predicted octanol–water partition coefficient (Wildman–Crippen LogP) is 4.32. The molecule has 0 amide bonds. The third-order valence-electron chi connectivity index (χ3n) is 4.95. The Hall–Kier alpha value is -0.870. The minimum Gasteiger partial charge on any atom is -0.308 e. The molecule has 0 bridgehead atoms. The molecule has 1 aliphatic rings. The minimum atomic E-state index is 0.670. The first-order valence-corrected chi connectivity index (χ1v) is 9.05. The number of aromatic nitrogens is 2. The van der Waals surface area contributed by atoms with Crippen molar-refractivity contribution in [3.05, 3.63) is 22.5 Å². The Morgan fingerprint density at radius 2 is 2.10 bits per heavy atom. The lowest BCUT2D eigenvalue weighted by Gasteiger charge is -2.35. The van der Waals surface area contributed by atoms with E-state index in [1.165, 1.54) is 41.9 Å². The van der Waals surface area contributed by atoms with Gasteiger partial charge in [0.2, 0.25) is 0 Å². The molecular weight excluding hydrogens is 278 g/mol. The highest BCUT2D eigenvalue weighted by atomic mass is 32.1. The van der Waals surface area contributed by atoms with E-state index >= 15 is 0 Å². The highest BCUT2D eigenvalue weighted by Gasteiger charge is 2.27. The highest BCUT2D eigenvalue weighted by Crippen LogP contribution is 2.30. The van der Waals surface area contributed by atoms with Crippen molar-refractivity contribution in [3.63, 3.8) is 0 Å².